The predicted molar refractivity (Wildman–Crippen MR) is 146 cm³/mol. The molecule has 7 nitrogen and oxygen atoms in total. The number of halogens is 4. The van der Waals surface area contributed by atoms with Crippen molar-refractivity contribution in [3.63, 3.8) is 0 Å². The molecule has 2 unspecified atom stereocenters. The van der Waals surface area contributed by atoms with Crippen LogP contribution in [0.3, 0.4) is 0 Å². The number of nitrogens with zero attached hydrogens (tertiary/aromatic N) is 4. The molecule has 4 aromatic rings. The number of benzene rings is 2. The highest BCUT2D eigenvalue weighted by Crippen LogP contribution is 2.34. The van der Waals surface area contributed by atoms with Gasteiger partial charge in [-0.1, -0.05) is 52.0 Å². The molecule has 0 aliphatic heterocycles. The van der Waals surface area contributed by atoms with Crippen molar-refractivity contribution < 1.29 is 27.1 Å². The van der Waals surface area contributed by atoms with Gasteiger partial charge < -0.3 is 10.1 Å². The molecule has 0 fully saturated rings. The Morgan fingerprint density at radius 1 is 1.02 bits per heavy atom. The fourth-order valence-corrected chi connectivity index (χ4v) is 4.68. The first-order valence-corrected chi connectivity index (χ1v) is 13.2. The van der Waals surface area contributed by atoms with Crippen molar-refractivity contribution in [2.24, 2.45) is 11.3 Å². The zero-order valence-corrected chi connectivity index (χ0v) is 23.8. The van der Waals surface area contributed by atoms with E-state index >= 15 is 0 Å². The van der Waals surface area contributed by atoms with E-state index in [0.717, 1.165) is 16.5 Å². The molecule has 1 N–H and O–H groups in total. The normalized spacial score (nSPS) is 14.3. The van der Waals surface area contributed by atoms with Crippen LogP contribution in [0.15, 0.2) is 48.8 Å². The summed E-state index contributed by atoms with van der Waals surface area (Å²) in [7, 11) is 0. The van der Waals surface area contributed by atoms with Crippen LogP contribution in [0, 0.1) is 34.6 Å². The van der Waals surface area contributed by atoms with Crippen molar-refractivity contribution in [1.29, 1.82) is 0 Å². The van der Waals surface area contributed by atoms with E-state index in [0.29, 0.717) is 12.2 Å². The fraction of sp³-hybridized carbons (Fsp3) is 0.400. The molecule has 41 heavy (non-hydrogen) atoms. The zero-order chi connectivity index (χ0) is 30.1. The van der Waals surface area contributed by atoms with E-state index in [9.17, 15) is 22.4 Å². The van der Waals surface area contributed by atoms with Crippen LogP contribution in [-0.2, 0) is 16.9 Å². The summed E-state index contributed by atoms with van der Waals surface area (Å²) in [5.41, 5.74) is 1.17. The molecular weight excluding hydrogens is 538 g/mol. The van der Waals surface area contributed by atoms with E-state index in [4.69, 9.17) is 4.74 Å². The lowest BCUT2D eigenvalue weighted by Crippen LogP contribution is -2.44. The van der Waals surface area contributed by atoms with Crippen LogP contribution < -0.4 is 10.1 Å². The van der Waals surface area contributed by atoms with Gasteiger partial charge >= 0.3 is 0 Å². The van der Waals surface area contributed by atoms with Gasteiger partial charge in [0.2, 0.25) is 11.6 Å². The van der Waals surface area contributed by atoms with Crippen LogP contribution >= 0.6 is 0 Å². The summed E-state index contributed by atoms with van der Waals surface area (Å²) < 4.78 is 61.7. The number of carbonyl (C=O) groups excluding carboxylic acids is 1. The van der Waals surface area contributed by atoms with Crippen molar-refractivity contribution in [3.8, 4) is 5.75 Å². The number of ether oxygens (including phenoxy) is 1. The van der Waals surface area contributed by atoms with Crippen molar-refractivity contribution in [2.45, 2.75) is 59.7 Å². The van der Waals surface area contributed by atoms with Crippen molar-refractivity contribution in [3.05, 3.63) is 83.3 Å². The lowest BCUT2D eigenvalue weighted by Gasteiger charge is -2.33. The molecule has 2 atom stereocenters. The summed E-state index contributed by atoms with van der Waals surface area (Å²) >= 11 is 0. The maximum Gasteiger partial charge on any atom is 0.203 e. The summed E-state index contributed by atoms with van der Waals surface area (Å²) in [6.45, 7) is 11.1. The SMILES string of the molecule is CC(C)C(C)(NCc1ccc2ncccc2c1)c1cn(C(C(=O)COc2c(F)c(F)cc(F)c2F)C(C)(C)C)nn1. The number of ketones is 1. The number of pyridine rings is 1. The summed E-state index contributed by atoms with van der Waals surface area (Å²) in [6, 6.07) is 9.04. The number of hydrogen-bond acceptors (Lipinski definition) is 6. The highest BCUT2D eigenvalue weighted by atomic mass is 19.2. The van der Waals surface area contributed by atoms with E-state index in [1.807, 2.05) is 45.0 Å². The van der Waals surface area contributed by atoms with E-state index in [1.165, 1.54) is 4.68 Å². The van der Waals surface area contributed by atoms with Gasteiger partial charge in [-0.15, -0.1) is 5.10 Å². The highest BCUT2D eigenvalue weighted by molar-refractivity contribution is 5.84. The van der Waals surface area contributed by atoms with Gasteiger partial charge in [-0.2, -0.15) is 8.78 Å². The Balaban J connectivity index is 1.56. The lowest BCUT2D eigenvalue weighted by molar-refractivity contribution is -0.127. The summed E-state index contributed by atoms with van der Waals surface area (Å²) in [5, 5.41) is 13.2. The minimum absolute atomic E-state index is 0.0655. The van der Waals surface area contributed by atoms with Gasteiger partial charge in [0.15, 0.2) is 23.2 Å². The van der Waals surface area contributed by atoms with Gasteiger partial charge in [-0.3, -0.25) is 9.78 Å². The van der Waals surface area contributed by atoms with Crippen molar-refractivity contribution in [2.75, 3.05) is 6.61 Å². The quantitative estimate of drug-likeness (QED) is 0.178. The first-order valence-electron chi connectivity index (χ1n) is 13.2. The molecule has 4 rings (SSSR count). The zero-order valence-electron chi connectivity index (χ0n) is 23.8. The monoisotopic (exact) mass is 571 g/mol. The Bertz CT molecular complexity index is 1540. The lowest BCUT2D eigenvalue weighted by atomic mass is 9.83. The van der Waals surface area contributed by atoms with Gasteiger partial charge in [0.1, 0.15) is 18.3 Å². The summed E-state index contributed by atoms with van der Waals surface area (Å²) in [5.74, 6) is -8.51. The predicted octanol–water partition coefficient (Wildman–Crippen LogP) is 6.28. The topological polar surface area (TPSA) is 81.9 Å². The van der Waals surface area contributed by atoms with Gasteiger partial charge in [-0.25, -0.2) is 13.5 Å². The minimum atomic E-state index is -1.71. The van der Waals surface area contributed by atoms with Gasteiger partial charge in [-0.05, 0) is 42.0 Å². The van der Waals surface area contributed by atoms with E-state index in [1.54, 1.807) is 33.2 Å². The first kappa shape index (κ1) is 30.1. The average molecular weight is 572 g/mol. The molecular formula is C30H33F4N5O2. The second kappa shape index (κ2) is 11.6. The van der Waals surface area contributed by atoms with Crippen LogP contribution in [0.4, 0.5) is 17.6 Å². The minimum Gasteiger partial charge on any atom is -0.479 e. The molecule has 11 heteroatoms. The van der Waals surface area contributed by atoms with E-state index < -0.39 is 58.4 Å². The molecule has 0 amide bonds. The number of hydrogen-bond donors (Lipinski definition) is 1. The molecule has 0 radical (unpaired) electrons. The Morgan fingerprint density at radius 3 is 2.34 bits per heavy atom. The third-order valence-electron chi connectivity index (χ3n) is 7.34. The fourth-order valence-electron chi connectivity index (χ4n) is 4.68. The summed E-state index contributed by atoms with van der Waals surface area (Å²) in [6.07, 6.45) is 3.41. The second-order valence-electron chi connectivity index (χ2n) is 11.6. The molecule has 0 spiro atoms. The number of fused-ring (bicyclic) bond motifs is 1. The van der Waals surface area contributed by atoms with Crippen LogP contribution in [0.5, 0.6) is 5.75 Å². The van der Waals surface area contributed by atoms with Crippen LogP contribution in [-0.4, -0.2) is 32.4 Å². The van der Waals surface area contributed by atoms with Crippen LogP contribution in [0.25, 0.3) is 10.9 Å². The Kier molecular flexibility index (Phi) is 8.49. The third kappa shape index (κ3) is 6.24. The molecule has 0 saturated heterocycles. The third-order valence-corrected chi connectivity index (χ3v) is 7.34. The number of aromatic nitrogens is 4. The maximum atomic E-state index is 14.1. The standard InChI is InChI=1S/C30H33F4N5O2/c1-17(2)30(6,36-14-18-9-10-22-19(12-18)8-7-11-35-22)24-15-39(38-37-24)28(29(3,4)5)23(40)16-41-27-25(33)20(31)13-21(32)26(27)34/h7-13,15,17,28,36H,14,16H2,1-6H3. The maximum absolute atomic E-state index is 14.1. The average Bonchev–Trinajstić information content (AvgIpc) is 3.39. The van der Waals surface area contributed by atoms with Gasteiger partial charge in [0, 0.05) is 24.2 Å². The second-order valence-corrected chi connectivity index (χ2v) is 11.6. The van der Waals surface area contributed by atoms with E-state index in [-0.39, 0.29) is 12.0 Å². The first-order chi connectivity index (χ1) is 19.2. The Labute approximate surface area is 235 Å². The molecule has 2 heterocycles. The Morgan fingerprint density at radius 2 is 1.71 bits per heavy atom. The number of nitrogens with one attached hydrogen (secondary N) is 1. The smallest absolute Gasteiger partial charge is 0.203 e. The van der Waals surface area contributed by atoms with Gasteiger partial charge in [0.05, 0.1) is 17.3 Å². The Hall–Kier alpha value is -3.86. The molecule has 0 saturated carbocycles. The largest absolute Gasteiger partial charge is 0.479 e. The molecule has 0 bridgehead atoms. The number of Topliss-reactive ketones (excluding diaryl/α,β-unsaturated/α-hetero) is 1. The molecule has 2 aromatic heterocycles. The van der Waals surface area contributed by atoms with Crippen LogP contribution in [0.1, 0.15) is 58.8 Å². The van der Waals surface area contributed by atoms with E-state index in [2.05, 4.69) is 26.7 Å². The highest BCUT2D eigenvalue weighted by Gasteiger charge is 2.38. The molecule has 218 valence electrons. The summed E-state index contributed by atoms with van der Waals surface area (Å²) in [4.78, 5) is 17.7. The molecule has 2 aromatic carbocycles. The molecule has 0 aliphatic carbocycles. The van der Waals surface area contributed by atoms with Crippen molar-refractivity contribution in [1.82, 2.24) is 25.3 Å². The number of rotatable bonds is 10. The number of carbonyl (C=O) groups is 1. The van der Waals surface area contributed by atoms with Gasteiger partial charge in [0.25, 0.3) is 0 Å². The van der Waals surface area contributed by atoms with Crippen LogP contribution in [0.2, 0.25) is 0 Å². The van der Waals surface area contributed by atoms with Crippen molar-refractivity contribution >= 4 is 16.7 Å². The molecule has 0 aliphatic rings.